The van der Waals surface area contributed by atoms with Gasteiger partial charge in [0.05, 0.1) is 5.56 Å². The summed E-state index contributed by atoms with van der Waals surface area (Å²) in [4.78, 5) is 26.7. The van der Waals surface area contributed by atoms with Gasteiger partial charge in [0.2, 0.25) is 0 Å². The van der Waals surface area contributed by atoms with Crippen LogP contribution in [-0.2, 0) is 4.79 Å². The standard InChI is InChI=1S/C11H14N2O3S/c1-7-8(4-3-5-12-7)10(14)13-9(6-17-2)11(15)16/h3-5,9H,6H2,1-2H3,(H,13,14)(H,15,16)/t9-/m0/s1. The number of aryl methyl sites for hydroxylation is 1. The molecule has 1 heterocycles. The molecule has 1 amide bonds. The van der Waals surface area contributed by atoms with Gasteiger partial charge in [0.1, 0.15) is 6.04 Å². The zero-order valence-corrected chi connectivity index (χ0v) is 10.5. The molecule has 0 aliphatic carbocycles. The lowest BCUT2D eigenvalue weighted by Gasteiger charge is -2.13. The molecule has 0 saturated heterocycles. The summed E-state index contributed by atoms with van der Waals surface area (Å²) < 4.78 is 0. The first-order valence-corrected chi connectivity index (χ1v) is 6.40. The SMILES string of the molecule is CSC[C@H](NC(=O)c1cccnc1C)C(=O)O. The van der Waals surface area contributed by atoms with Gasteiger partial charge in [0, 0.05) is 17.6 Å². The lowest BCUT2D eigenvalue weighted by atomic mass is 10.2. The number of pyridine rings is 1. The summed E-state index contributed by atoms with van der Waals surface area (Å²) in [6, 6.07) is 2.39. The Hall–Kier alpha value is -1.56. The van der Waals surface area contributed by atoms with Crippen molar-refractivity contribution >= 4 is 23.6 Å². The summed E-state index contributed by atoms with van der Waals surface area (Å²) in [6.45, 7) is 1.71. The normalized spacial score (nSPS) is 11.9. The summed E-state index contributed by atoms with van der Waals surface area (Å²) in [5, 5.41) is 11.4. The lowest BCUT2D eigenvalue weighted by Crippen LogP contribution is -2.42. The molecule has 0 aliphatic heterocycles. The lowest BCUT2D eigenvalue weighted by molar-refractivity contribution is -0.138. The Bertz CT molecular complexity index is 423. The molecule has 0 spiro atoms. The van der Waals surface area contributed by atoms with Gasteiger partial charge in [-0.2, -0.15) is 11.8 Å². The molecule has 0 aromatic carbocycles. The van der Waals surface area contributed by atoms with Crippen LogP contribution in [0.2, 0.25) is 0 Å². The van der Waals surface area contributed by atoms with E-state index in [1.807, 2.05) is 0 Å². The molecule has 0 radical (unpaired) electrons. The Balaban J connectivity index is 2.77. The fraction of sp³-hybridized carbons (Fsp3) is 0.364. The van der Waals surface area contributed by atoms with Crippen LogP contribution in [0.4, 0.5) is 0 Å². The van der Waals surface area contributed by atoms with Crippen LogP contribution < -0.4 is 5.32 Å². The number of carboxylic acids is 1. The van der Waals surface area contributed by atoms with Crippen molar-refractivity contribution in [2.45, 2.75) is 13.0 Å². The van der Waals surface area contributed by atoms with Crippen molar-refractivity contribution in [3.05, 3.63) is 29.6 Å². The molecule has 0 unspecified atom stereocenters. The molecular formula is C11H14N2O3S. The fourth-order valence-corrected chi connectivity index (χ4v) is 1.86. The average molecular weight is 254 g/mol. The van der Waals surface area contributed by atoms with Crippen molar-refractivity contribution in [2.75, 3.05) is 12.0 Å². The van der Waals surface area contributed by atoms with E-state index in [0.717, 1.165) is 0 Å². The van der Waals surface area contributed by atoms with Crippen molar-refractivity contribution < 1.29 is 14.7 Å². The summed E-state index contributed by atoms with van der Waals surface area (Å²) in [6.07, 6.45) is 3.38. The van der Waals surface area contributed by atoms with Gasteiger partial charge in [-0.25, -0.2) is 4.79 Å². The van der Waals surface area contributed by atoms with Gasteiger partial charge in [0.15, 0.2) is 0 Å². The predicted molar refractivity (Wildman–Crippen MR) is 66.2 cm³/mol. The fourth-order valence-electron chi connectivity index (χ4n) is 1.30. The maximum Gasteiger partial charge on any atom is 0.327 e. The van der Waals surface area contributed by atoms with E-state index in [0.29, 0.717) is 17.0 Å². The summed E-state index contributed by atoms with van der Waals surface area (Å²) in [5.41, 5.74) is 0.984. The van der Waals surface area contributed by atoms with E-state index < -0.39 is 17.9 Å². The van der Waals surface area contributed by atoms with Crippen LogP contribution in [-0.4, -0.2) is 40.0 Å². The smallest absolute Gasteiger partial charge is 0.327 e. The summed E-state index contributed by atoms with van der Waals surface area (Å²) >= 11 is 1.37. The van der Waals surface area contributed by atoms with Gasteiger partial charge < -0.3 is 10.4 Å². The third-order valence-corrected chi connectivity index (χ3v) is 2.85. The maximum absolute atomic E-state index is 11.8. The summed E-state index contributed by atoms with van der Waals surface area (Å²) in [7, 11) is 0. The van der Waals surface area contributed by atoms with E-state index in [-0.39, 0.29) is 0 Å². The molecule has 2 N–H and O–H groups in total. The molecular weight excluding hydrogens is 240 g/mol. The molecule has 1 aromatic heterocycles. The zero-order valence-electron chi connectivity index (χ0n) is 9.64. The minimum absolute atomic E-state index is 0.334. The third-order valence-electron chi connectivity index (χ3n) is 2.19. The molecule has 0 saturated carbocycles. The first kappa shape index (κ1) is 13.5. The van der Waals surface area contributed by atoms with Gasteiger partial charge >= 0.3 is 5.97 Å². The average Bonchev–Trinajstić information content (AvgIpc) is 2.28. The highest BCUT2D eigenvalue weighted by Crippen LogP contribution is 2.05. The number of hydrogen-bond acceptors (Lipinski definition) is 4. The van der Waals surface area contributed by atoms with Crippen molar-refractivity contribution in [1.29, 1.82) is 0 Å². The van der Waals surface area contributed by atoms with Gasteiger partial charge in [-0.3, -0.25) is 9.78 Å². The van der Waals surface area contributed by atoms with Crippen LogP contribution in [0.5, 0.6) is 0 Å². The quantitative estimate of drug-likeness (QED) is 0.817. The molecule has 0 fully saturated rings. The molecule has 1 rings (SSSR count). The Morgan fingerprint density at radius 2 is 2.29 bits per heavy atom. The number of aromatic nitrogens is 1. The van der Waals surface area contributed by atoms with E-state index in [1.165, 1.54) is 11.8 Å². The highest BCUT2D eigenvalue weighted by atomic mass is 32.2. The highest BCUT2D eigenvalue weighted by molar-refractivity contribution is 7.98. The van der Waals surface area contributed by atoms with Gasteiger partial charge in [0.25, 0.3) is 5.91 Å². The Labute approximate surface area is 104 Å². The molecule has 92 valence electrons. The minimum Gasteiger partial charge on any atom is -0.480 e. The molecule has 1 aromatic rings. The number of thioether (sulfide) groups is 1. The second-order valence-electron chi connectivity index (χ2n) is 3.46. The Morgan fingerprint density at radius 1 is 1.59 bits per heavy atom. The van der Waals surface area contributed by atoms with Gasteiger partial charge in [-0.1, -0.05) is 0 Å². The van der Waals surface area contributed by atoms with Gasteiger partial charge in [-0.15, -0.1) is 0 Å². The maximum atomic E-state index is 11.8. The van der Waals surface area contributed by atoms with Crippen molar-refractivity contribution in [2.24, 2.45) is 0 Å². The van der Waals surface area contributed by atoms with Crippen molar-refractivity contribution in [3.8, 4) is 0 Å². The van der Waals surface area contributed by atoms with E-state index in [4.69, 9.17) is 5.11 Å². The number of carbonyl (C=O) groups excluding carboxylic acids is 1. The highest BCUT2D eigenvalue weighted by Gasteiger charge is 2.20. The Morgan fingerprint density at radius 3 is 2.82 bits per heavy atom. The van der Waals surface area contributed by atoms with Crippen molar-refractivity contribution in [1.82, 2.24) is 10.3 Å². The number of rotatable bonds is 5. The second kappa shape index (κ2) is 6.24. The number of carbonyl (C=O) groups is 2. The minimum atomic E-state index is -1.03. The topological polar surface area (TPSA) is 79.3 Å². The van der Waals surface area contributed by atoms with E-state index >= 15 is 0 Å². The Kier molecular flexibility index (Phi) is 4.96. The van der Waals surface area contributed by atoms with Crippen LogP contribution in [0.3, 0.4) is 0 Å². The van der Waals surface area contributed by atoms with Crippen LogP contribution in [0.25, 0.3) is 0 Å². The van der Waals surface area contributed by atoms with Crippen LogP contribution in [0.15, 0.2) is 18.3 Å². The number of aliphatic carboxylic acids is 1. The molecule has 6 heteroatoms. The van der Waals surface area contributed by atoms with E-state index in [9.17, 15) is 9.59 Å². The van der Waals surface area contributed by atoms with E-state index in [2.05, 4.69) is 10.3 Å². The molecule has 5 nitrogen and oxygen atoms in total. The van der Waals surface area contributed by atoms with Crippen LogP contribution in [0.1, 0.15) is 16.1 Å². The van der Waals surface area contributed by atoms with Crippen LogP contribution >= 0.6 is 11.8 Å². The third kappa shape index (κ3) is 3.74. The van der Waals surface area contributed by atoms with Crippen molar-refractivity contribution in [3.63, 3.8) is 0 Å². The number of nitrogens with one attached hydrogen (secondary N) is 1. The number of hydrogen-bond donors (Lipinski definition) is 2. The number of carboxylic acid groups (broad SMARTS) is 1. The first-order valence-electron chi connectivity index (χ1n) is 5.00. The summed E-state index contributed by atoms with van der Waals surface area (Å²) in [5.74, 6) is -1.10. The molecule has 0 bridgehead atoms. The first-order chi connectivity index (χ1) is 8.06. The predicted octanol–water partition coefficient (Wildman–Crippen LogP) is 0.936. The molecule has 17 heavy (non-hydrogen) atoms. The number of amides is 1. The zero-order chi connectivity index (χ0) is 12.8. The van der Waals surface area contributed by atoms with Gasteiger partial charge in [-0.05, 0) is 25.3 Å². The number of nitrogens with zero attached hydrogens (tertiary/aromatic N) is 1. The van der Waals surface area contributed by atoms with Crippen LogP contribution in [0, 0.1) is 6.92 Å². The monoisotopic (exact) mass is 254 g/mol. The largest absolute Gasteiger partial charge is 0.480 e. The van der Waals surface area contributed by atoms with E-state index in [1.54, 1.807) is 31.5 Å². The molecule has 1 atom stereocenters. The second-order valence-corrected chi connectivity index (χ2v) is 4.37. The molecule has 0 aliphatic rings.